The number of fused-ring (bicyclic) bond motifs is 2. The van der Waals surface area contributed by atoms with Crippen LogP contribution in [0.1, 0.15) is 44.9 Å². The number of rotatable bonds is 5. The van der Waals surface area contributed by atoms with Gasteiger partial charge in [0, 0.05) is 26.1 Å². The molecule has 1 N–H and O–H groups in total. The number of carbonyl (C=O) groups is 1. The third-order valence-corrected chi connectivity index (χ3v) is 6.52. The predicted octanol–water partition coefficient (Wildman–Crippen LogP) is 1.60. The number of hydrogen-bond acceptors (Lipinski definition) is 3. The zero-order chi connectivity index (χ0) is 15.7. The summed E-state index contributed by atoms with van der Waals surface area (Å²) in [6.07, 6.45) is 9.18. The Bertz CT molecular complexity index is 519. The second-order valence-corrected chi connectivity index (χ2v) is 9.44. The van der Waals surface area contributed by atoms with Crippen LogP contribution in [0.15, 0.2) is 0 Å². The molecule has 3 rings (SSSR count). The van der Waals surface area contributed by atoms with Crippen molar-refractivity contribution in [2.24, 2.45) is 23.7 Å². The Kier molecular flexibility index (Phi) is 4.78. The predicted molar refractivity (Wildman–Crippen MR) is 85.7 cm³/mol. The molecule has 2 bridgehead atoms. The maximum atomic E-state index is 12.6. The average molecular weight is 328 g/mol. The van der Waals surface area contributed by atoms with E-state index in [0.717, 1.165) is 31.2 Å². The first-order chi connectivity index (χ1) is 10.4. The average Bonchev–Trinajstić information content (AvgIpc) is 3.07. The molecule has 2 saturated carbocycles. The number of likely N-dealkylation sites (tertiary alicyclic amines) is 1. The fraction of sp³-hybridized carbons (Fsp3) is 0.938. The summed E-state index contributed by atoms with van der Waals surface area (Å²) < 4.78 is 25.0. The van der Waals surface area contributed by atoms with E-state index in [0.29, 0.717) is 31.3 Å². The van der Waals surface area contributed by atoms with Gasteiger partial charge in [-0.15, -0.1) is 0 Å². The molecule has 22 heavy (non-hydrogen) atoms. The summed E-state index contributed by atoms with van der Waals surface area (Å²) in [6, 6.07) is 0. The van der Waals surface area contributed by atoms with Gasteiger partial charge in [0.15, 0.2) is 0 Å². The van der Waals surface area contributed by atoms with E-state index >= 15 is 0 Å². The molecule has 0 radical (unpaired) electrons. The summed E-state index contributed by atoms with van der Waals surface area (Å²) in [5.41, 5.74) is 0. The molecule has 0 spiro atoms. The van der Waals surface area contributed by atoms with Crippen molar-refractivity contribution in [2.75, 3.05) is 25.9 Å². The molecule has 3 fully saturated rings. The van der Waals surface area contributed by atoms with Crippen molar-refractivity contribution in [2.45, 2.75) is 44.9 Å². The minimum absolute atomic E-state index is 0.257. The molecular formula is C16H28N2O3S. The lowest BCUT2D eigenvalue weighted by Gasteiger charge is -2.34. The summed E-state index contributed by atoms with van der Waals surface area (Å²) in [7, 11) is -3.14. The number of hydrogen-bond donors (Lipinski definition) is 1. The fourth-order valence-corrected chi connectivity index (χ4v) is 5.25. The van der Waals surface area contributed by atoms with Gasteiger partial charge in [0.05, 0.1) is 6.26 Å². The van der Waals surface area contributed by atoms with Crippen molar-refractivity contribution in [3.8, 4) is 0 Å². The monoisotopic (exact) mass is 328 g/mol. The highest BCUT2D eigenvalue weighted by Gasteiger charge is 2.40. The van der Waals surface area contributed by atoms with Crippen molar-refractivity contribution < 1.29 is 13.2 Å². The molecule has 1 amide bonds. The fourth-order valence-electron chi connectivity index (χ4n) is 4.71. The number of sulfonamides is 1. The summed E-state index contributed by atoms with van der Waals surface area (Å²) in [5, 5.41) is 0. The van der Waals surface area contributed by atoms with Gasteiger partial charge in [-0.25, -0.2) is 13.1 Å². The Morgan fingerprint density at radius 3 is 2.68 bits per heavy atom. The third kappa shape index (κ3) is 4.02. The first-order valence-electron chi connectivity index (χ1n) is 8.63. The zero-order valence-electron chi connectivity index (χ0n) is 13.5. The second-order valence-electron chi connectivity index (χ2n) is 7.61. The van der Waals surface area contributed by atoms with Crippen molar-refractivity contribution in [3.63, 3.8) is 0 Å². The normalized spacial score (nSPS) is 35.0. The molecule has 0 aromatic heterocycles. The summed E-state index contributed by atoms with van der Waals surface area (Å²) in [5.74, 6) is 2.84. The Hall–Kier alpha value is -0.620. The van der Waals surface area contributed by atoms with Crippen LogP contribution in [0.3, 0.4) is 0 Å². The number of nitrogens with zero attached hydrogens (tertiary/aromatic N) is 1. The first-order valence-corrected chi connectivity index (χ1v) is 10.5. The van der Waals surface area contributed by atoms with Crippen molar-refractivity contribution in [1.29, 1.82) is 0 Å². The maximum Gasteiger partial charge on any atom is 0.222 e. The molecule has 126 valence electrons. The van der Waals surface area contributed by atoms with Gasteiger partial charge in [0.1, 0.15) is 0 Å². The van der Waals surface area contributed by atoms with Crippen molar-refractivity contribution in [1.82, 2.24) is 9.62 Å². The SMILES string of the molecule is CS(=O)(=O)NC[C@@H]1CCCN(C(=O)C[C@@H]2C[C@H]3CC[C@H]2C3)C1. The minimum Gasteiger partial charge on any atom is -0.342 e. The molecule has 2 aliphatic carbocycles. The van der Waals surface area contributed by atoms with Gasteiger partial charge in [-0.05, 0) is 55.8 Å². The number of piperidine rings is 1. The molecule has 4 atom stereocenters. The van der Waals surface area contributed by atoms with Crippen molar-refractivity contribution in [3.05, 3.63) is 0 Å². The van der Waals surface area contributed by atoms with Crippen LogP contribution in [0.25, 0.3) is 0 Å². The van der Waals surface area contributed by atoms with Gasteiger partial charge < -0.3 is 4.90 Å². The molecule has 5 nitrogen and oxygen atoms in total. The van der Waals surface area contributed by atoms with E-state index in [1.54, 1.807) is 0 Å². The van der Waals surface area contributed by atoms with Crippen LogP contribution in [0, 0.1) is 23.7 Å². The van der Waals surface area contributed by atoms with Crippen molar-refractivity contribution >= 4 is 15.9 Å². The van der Waals surface area contributed by atoms with Crippen LogP contribution in [-0.2, 0) is 14.8 Å². The molecule has 0 aromatic carbocycles. The molecule has 1 heterocycles. The molecule has 3 aliphatic rings. The molecular weight excluding hydrogens is 300 g/mol. The number of amides is 1. The van der Waals surface area contributed by atoms with Crippen LogP contribution < -0.4 is 4.72 Å². The van der Waals surface area contributed by atoms with E-state index < -0.39 is 10.0 Å². The van der Waals surface area contributed by atoms with Crippen LogP contribution in [0.4, 0.5) is 0 Å². The van der Waals surface area contributed by atoms with Crippen LogP contribution >= 0.6 is 0 Å². The summed E-state index contributed by atoms with van der Waals surface area (Å²) in [4.78, 5) is 14.5. The highest BCUT2D eigenvalue weighted by Crippen LogP contribution is 2.49. The van der Waals surface area contributed by atoms with Gasteiger partial charge in [-0.2, -0.15) is 0 Å². The van der Waals surface area contributed by atoms with E-state index in [2.05, 4.69) is 4.72 Å². The summed E-state index contributed by atoms with van der Waals surface area (Å²) >= 11 is 0. The highest BCUT2D eigenvalue weighted by molar-refractivity contribution is 7.88. The van der Waals surface area contributed by atoms with Crippen LogP contribution in [-0.4, -0.2) is 45.1 Å². The molecule has 1 saturated heterocycles. The maximum absolute atomic E-state index is 12.6. The van der Waals surface area contributed by atoms with Crippen LogP contribution in [0.5, 0.6) is 0 Å². The van der Waals surface area contributed by atoms with Gasteiger partial charge in [0.25, 0.3) is 0 Å². The largest absolute Gasteiger partial charge is 0.342 e. The number of carbonyl (C=O) groups excluding carboxylic acids is 1. The summed E-state index contributed by atoms with van der Waals surface area (Å²) in [6.45, 7) is 2.01. The molecule has 6 heteroatoms. The molecule has 1 aliphatic heterocycles. The topological polar surface area (TPSA) is 66.5 Å². The van der Waals surface area contributed by atoms with E-state index in [1.807, 2.05) is 4.90 Å². The lowest BCUT2D eigenvalue weighted by atomic mass is 9.86. The van der Waals surface area contributed by atoms with E-state index in [9.17, 15) is 13.2 Å². The Morgan fingerprint density at radius 1 is 1.23 bits per heavy atom. The third-order valence-electron chi connectivity index (χ3n) is 5.83. The second kappa shape index (κ2) is 6.48. The van der Waals surface area contributed by atoms with Crippen LogP contribution in [0.2, 0.25) is 0 Å². The lowest BCUT2D eigenvalue weighted by molar-refractivity contribution is -0.134. The van der Waals surface area contributed by atoms with E-state index in [1.165, 1.54) is 31.9 Å². The van der Waals surface area contributed by atoms with Gasteiger partial charge in [-0.1, -0.05) is 6.42 Å². The molecule has 0 aromatic rings. The quantitative estimate of drug-likeness (QED) is 0.833. The Labute approximate surface area is 133 Å². The smallest absolute Gasteiger partial charge is 0.222 e. The van der Waals surface area contributed by atoms with Gasteiger partial charge in [0.2, 0.25) is 15.9 Å². The zero-order valence-corrected chi connectivity index (χ0v) is 14.3. The Balaban J connectivity index is 1.48. The first kappa shape index (κ1) is 16.2. The minimum atomic E-state index is -3.14. The highest BCUT2D eigenvalue weighted by atomic mass is 32.2. The standard InChI is InChI=1S/C16H28N2O3S/c1-22(20,21)17-10-13-3-2-6-18(11-13)16(19)9-15-8-12-4-5-14(15)7-12/h12-15,17H,2-11H2,1H3/t12-,13-,14-,15-/m0/s1. The van der Waals surface area contributed by atoms with E-state index in [-0.39, 0.29) is 5.92 Å². The molecule has 0 unspecified atom stereocenters. The van der Waals surface area contributed by atoms with E-state index in [4.69, 9.17) is 0 Å². The number of nitrogens with one attached hydrogen (secondary N) is 1. The lowest BCUT2D eigenvalue weighted by Crippen LogP contribution is -2.44. The van der Waals surface area contributed by atoms with Gasteiger partial charge in [-0.3, -0.25) is 4.79 Å². The van der Waals surface area contributed by atoms with Gasteiger partial charge >= 0.3 is 0 Å². The Morgan fingerprint density at radius 2 is 2.05 bits per heavy atom.